The van der Waals surface area contributed by atoms with Crippen molar-refractivity contribution in [3.05, 3.63) is 28.8 Å². The van der Waals surface area contributed by atoms with Crippen LogP contribution in [-0.2, 0) is 9.59 Å². The first-order valence-corrected chi connectivity index (χ1v) is 6.99. The van der Waals surface area contributed by atoms with Gasteiger partial charge in [0.2, 0.25) is 5.91 Å². The maximum atomic E-state index is 12.0. The summed E-state index contributed by atoms with van der Waals surface area (Å²) in [5.41, 5.74) is -0.298. The van der Waals surface area contributed by atoms with Gasteiger partial charge in [-0.2, -0.15) is 5.26 Å². The van der Waals surface area contributed by atoms with E-state index in [1.165, 1.54) is 12.1 Å². The van der Waals surface area contributed by atoms with Crippen LogP contribution in [0.15, 0.2) is 18.2 Å². The van der Waals surface area contributed by atoms with E-state index in [4.69, 9.17) is 16.9 Å². The first kappa shape index (κ1) is 17.0. The van der Waals surface area contributed by atoms with E-state index in [1.807, 2.05) is 6.07 Å². The number of hydrogen-bond donors (Lipinski definition) is 2. The summed E-state index contributed by atoms with van der Waals surface area (Å²) < 4.78 is 0. The molecule has 5 nitrogen and oxygen atoms in total. The molecule has 0 unspecified atom stereocenters. The van der Waals surface area contributed by atoms with Crippen LogP contribution in [0.5, 0.6) is 0 Å². The number of aliphatic carboxylic acids is 1. The van der Waals surface area contributed by atoms with Crippen LogP contribution >= 0.6 is 11.6 Å². The Morgan fingerprint density at radius 1 is 1.38 bits per heavy atom. The van der Waals surface area contributed by atoms with Crippen LogP contribution in [0.2, 0.25) is 5.02 Å². The lowest BCUT2D eigenvalue weighted by Gasteiger charge is -2.25. The largest absolute Gasteiger partial charge is 0.481 e. The smallest absolute Gasteiger partial charge is 0.310 e. The maximum absolute atomic E-state index is 12.0. The molecule has 112 valence electrons. The van der Waals surface area contributed by atoms with E-state index in [9.17, 15) is 14.7 Å². The summed E-state index contributed by atoms with van der Waals surface area (Å²) >= 11 is 5.88. The van der Waals surface area contributed by atoms with Crippen molar-refractivity contribution in [2.45, 2.75) is 33.1 Å². The van der Waals surface area contributed by atoms with E-state index in [0.29, 0.717) is 24.1 Å². The molecule has 6 heteroatoms. The Morgan fingerprint density at radius 2 is 2.00 bits per heavy atom. The minimum atomic E-state index is -1.06. The molecule has 1 amide bonds. The number of carbonyl (C=O) groups excluding carboxylic acids is 1. The maximum Gasteiger partial charge on any atom is 0.310 e. The SMILES string of the molecule is CCC(CC)(CC(=O)Nc1ccc(C#N)c(Cl)c1)C(=O)O. The van der Waals surface area contributed by atoms with E-state index in [-0.39, 0.29) is 17.4 Å². The summed E-state index contributed by atoms with van der Waals surface area (Å²) in [5, 5.41) is 21.0. The molecule has 0 saturated heterocycles. The Labute approximate surface area is 128 Å². The summed E-state index contributed by atoms with van der Waals surface area (Å²) in [6, 6.07) is 6.46. The second-order valence-electron chi connectivity index (χ2n) is 4.82. The number of carbonyl (C=O) groups is 2. The highest BCUT2D eigenvalue weighted by atomic mass is 35.5. The van der Waals surface area contributed by atoms with Gasteiger partial charge in [-0.05, 0) is 31.0 Å². The predicted molar refractivity (Wildman–Crippen MR) is 80.1 cm³/mol. The molecule has 0 aliphatic carbocycles. The highest BCUT2D eigenvalue weighted by Gasteiger charge is 2.37. The van der Waals surface area contributed by atoms with Gasteiger partial charge in [0.1, 0.15) is 6.07 Å². The standard InChI is InChI=1S/C15H17ClN2O3/c1-3-15(4-2,14(20)21)8-13(19)18-11-6-5-10(9-17)12(16)7-11/h5-7H,3-4,8H2,1-2H3,(H,18,19)(H,20,21). The number of benzene rings is 1. The number of rotatable bonds is 6. The van der Waals surface area contributed by atoms with Crippen LogP contribution in [0.3, 0.4) is 0 Å². The first-order valence-electron chi connectivity index (χ1n) is 6.61. The highest BCUT2D eigenvalue weighted by molar-refractivity contribution is 6.32. The van der Waals surface area contributed by atoms with Crippen LogP contribution in [0.25, 0.3) is 0 Å². The summed E-state index contributed by atoms with van der Waals surface area (Å²) in [7, 11) is 0. The van der Waals surface area contributed by atoms with Crippen molar-refractivity contribution in [2.75, 3.05) is 5.32 Å². The Hall–Kier alpha value is -2.06. The van der Waals surface area contributed by atoms with Gasteiger partial charge in [-0.15, -0.1) is 0 Å². The molecule has 0 atom stereocenters. The minimum absolute atomic E-state index is 0.104. The molecule has 0 aliphatic rings. The molecule has 0 saturated carbocycles. The quantitative estimate of drug-likeness (QED) is 0.842. The Bertz CT molecular complexity index is 589. The molecular formula is C15H17ClN2O3. The lowest BCUT2D eigenvalue weighted by atomic mass is 9.79. The van der Waals surface area contributed by atoms with E-state index in [0.717, 1.165) is 0 Å². The van der Waals surface area contributed by atoms with Crippen LogP contribution in [-0.4, -0.2) is 17.0 Å². The van der Waals surface area contributed by atoms with Gasteiger partial charge in [0.15, 0.2) is 0 Å². The van der Waals surface area contributed by atoms with Crippen molar-refractivity contribution in [2.24, 2.45) is 5.41 Å². The molecule has 0 radical (unpaired) electrons. The normalized spacial score (nSPS) is 10.8. The minimum Gasteiger partial charge on any atom is -0.481 e. The van der Waals surface area contributed by atoms with Gasteiger partial charge in [-0.25, -0.2) is 0 Å². The van der Waals surface area contributed by atoms with Crippen LogP contribution < -0.4 is 5.32 Å². The number of amides is 1. The van der Waals surface area contributed by atoms with Crippen LogP contribution in [0.1, 0.15) is 38.7 Å². The van der Waals surface area contributed by atoms with E-state index in [2.05, 4.69) is 5.32 Å². The molecule has 0 fully saturated rings. The van der Waals surface area contributed by atoms with Crippen molar-refractivity contribution in [1.29, 1.82) is 5.26 Å². The molecule has 0 heterocycles. The zero-order valence-corrected chi connectivity index (χ0v) is 12.7. The van der Waals surface area contributed by atoms with Crippen molar-refractivity contribution in [3.63, 3.8) is 0 Å². The number of nitrogens with one attached hydrogen (secondary N) is 1. The molecule has 2 N–H and O–H groups in total. The predicted octanol–water partition coefficient (Wildman–Crippen LogP) is 3.43. The Balaban J connectivity index is 2.84. The van der Waals surface area contributed by atoms with Crippen LogP contribution in [0, 0.1) is 16.7 Å². The fourth-order valence-electron chi connectivity index (χ4n) is 2.07. The number of carboxylic acid groups (broad SMARTS) is 1. The van der Waals surface area contributed by atoms with Crippen molar-refractivity contribution >= 4 is 29.2 Å². The second-order valence-corrected chi connectivity index (χ2v) is 5.23. The average Bonchev–Trinajstić information content (AvgIpc) is 2.44. The van der Waals surface area contributed by atoms with Gasteiger partial charge in [0.25, 0.3) is 0 Å². The van der Waals surface area contributed by atoms with Crippen molar-refractivity contribution in [1.82, 2.24) is 0 Å². The number of hydrogen-bond acceptors (Lipinski definition) is 3. The third kappa shape index (κ3) is 3.96. The van der Waals surface area contributed by atoms with Gasteiger partial charge in [-0.1, -0.05) is 25.4 Å². The lowest BCUT2D eigenvalue weighted by molar-refractivity contribution is -0.151. The molecule has 0 aliphatic heterocycles. The molecule has 0 aromatic heterocycles. The van der Waals surface area contributed by atoms with Gasteiger partial charge in [0, 0.05) is 12.1 Å². The van der Waals surface area contributed by atoms with Gasteiger partial charge < -0.3 is 10.4 Å². The molecule has 1 aromatic rings. The topological polar surface area (TPSA) is 90.2 Å². The first-order chi connectivity index (χ1) is 9.88. The fourth-order valence-corrected chi connectivity index (χ4v) is 2.30. The summed E-state index contributed by atoms with van der Waals surface area (Å²) in [4.78, 5) is 23.4. The van der Waals surface area contributed by atoms with Crippen molar-refractivity contribution in [3.8, 4) is 6.07 Å². The van der Waals surface area contributed by atoms with Crippen LogP contribution in [0.4, 0.5) is 5.69 Å². The Kier molecular flexibility index (Phi) is 5.74. The molecule has 0 spiro atoms. The number of halogens is 1. The molecule has 1 aromatic carbocycles. The highest BCUT2D eigenvalue weighted by Crippen LogP contribution is 2.31. The summed E-state index contributed by atoms with van der Waals surface area (Å²) in [6.45, 7) is 3.51. The fraction of sp³-hybridized carbons (Fsp3) is 0.400. The second kappa shape index (κ2) is 7.09. The zero-order chi connectivity index (χ0) is 16.0. The Morgan fingerprint density at radius 3 is 2.43 bits per heavy atom. The molecule has 1 rings (SSSR count). The third-order valence-electron chi connectivity index (χ3n) is 3.68. The van der Waals surface area contributed by atoms with Crippen molar-refractivity contribution < 1.29 is 14.7 Å². The number of nitriles is 1. The number of nitrogens with zero attached hydrogens (tertiary/aromatic N) is 1. The molecule has 0 bridgehead atoms. The molecule has 21 heavy (non-hydrogen) atoms. The van der Waals surface area contributed by atoms with Gasteiger partial charge >= 0.3 is 5.97 Å². The van der Waals surface area contributed by atoms with E-state index < -0.39 is 11.4 Å². The average molecular weight is 309 g/mol. The number of anilines is 1. The van der Waals surface area contributed by atoms with Gasteiger partial charge in [-0.3, -0.25) is 9.59 Å². The van der Waals surface area contributed by atoms with E-state index >= 15 is 0 Å². The van der Waals surface area contributed by atoms with Gasteiger partial charge in [0.05, 0.1) is 16.0 Å². The van der Waals surface area contributed by atoms with E-state index in [1.54, 1.807) is 19.9 Å². The number of carboxylic acids is 1. The zero-order valence-electron chi connectivity index (χ0n) is 11.9. The summed E-state index contributed by atoms with van der Waals surface area (Å²) in [5.74, 6) is -1.36. The summed E-state index contributed by atoms with van der Waals surface area (Å²) in [6.07, 6.45) is 0.647. The monoisotopic (exact) mass is 308 g/mol. The lowest BCUT2D eigenvalue weighted by Crippen LogP contribution is -2.34. The molecular weight excluding hydrogens is 292 g/mol. The third-order valence-corrected chi connectivity index (χ3v) is 3.99.